The number of carboxylic acids is 1. The standard InChI is InChI=1S/C14H19NO4/c1-10(13(16)15-11(2)14(17)18)8-9-19-12-6-4-3-5-7-12/h3-7,10-11H,8-9H2,1-2H3,(H,15,16)(H,17,18). The molecule has 0 aliphatic rings. The molecule has 104 valence electrons. The molecule has 1 rings (SSSR count). The van der Waals surface area contributed by atoms with Gasteiger partial charge in [-0.1, -0.05) is 25.1 Å². The van der Waals surface area contributed by atoms with Crippen molar-refractivity contribution in [1.82, 2.24) is 5.32 Å². The van der Waals surface area contributed by atoms with E-state index >= 15 is 0 Å². The van der Waals surface area contributed by atoms with E-state index in [0.717, 1.165) is 5.75 Å². The first-order valence-electron chi connectivity index (χ1n) is 6.21. The average molecular weight is 265 g/mol. The Morgan fingerprint density at radius 1 is 1.26 bits per heavy atom. The molecule has 0 radical (unpaired) electrons. The molecule has 0 aliphatic heterocycles. The van der Waals surface area contributed by atoms with Crippen LogP contribution in [0, 0.1) is 5.92 Å². The summed E-state index contributed by atoms with van der Waals surface area (Å²) in [5.74, 6) is -0.841. The minimum atomic E-state index is -1.04. The van der Waals surface area contributed by atoms with Crippen LogP contribution in [0.3, 0.4) is 0 Å². The van der Waals surface area contributed by atoms with E-state index in [9.17, 15) is 9.59 Å². The largest absolute Gasteiger partial charge is 0.494 e. The number of benzene rings is 1. The maximum atomic E-state index is 11.7. The highest BCUT2D eigenvalue weighted by molar-refractivity contribution is 5.84. The zero-order valence-electron chi connectivity index (χ0n) is 11.1. The SMILES string of the molecule is CC(CCOc1ccccc1)C(=O)NC(C)C(=O)O. The Hall–Kier alpha value is -2.04. The van der Waals surface area contributed by atoms with Crippen molar-refractivity contribution in [3.8, 4) is 5.75 Å². The lowest BCUT2D eigenvalue weighted by Gasteiger charge is -2.15. The highest BCUT2D eigenvalue weighted by atomic mass is 16.5. The highest BCUT2D eigenvalue weighted by Crippen LogP contribution is 2.10. The zero-order valence-corrected chi connectivity index (χ0v) is 11.1. The summed E-state index contributed by atoms with van der Waals surface area (Å²) in [6.45, 7) is 3.60. The van der Waals surface area contributed by atoms with Crippen LogP contribution < -0.4 is 10.1 Å². The van der Waals surface area contributed by atoms with Crippen LogP contribution in [0.4, 0.5) is 0 Å². The molecular weight excluding hydrogens is 246 g/mol. The molecule has 1 aromatic carbocycles. The third-order valence-electron chi connectivity index (χ3n) is 2.74. The van der Waals surface area contributed by atoms with Crippen LogP contribution in [0.15, 0.2) is 30.3 Å². The summed E-state index contributed by atoms with van der Waals surface area (Å²) in [6.07, 6.45) is 0.535. The molecule has 5 nitrogen and oxygen atoms in total. The molecule has 0 heterocycles. The van der Waals surface area contributed by atoms with E-state index in [2.05, 4.69) is 5.32 Å². The summed E-state index contributed by atoms with van der Waals surface area (Å²) in [7, 11) is 0. The number of aliphatic carboxylic acids is 1. The van der Waals surface area contributed by atoms with Gasteiger partial charge in [0.2, 0.25) is 5.91 Å². The van der Waals surface area contributed by atoms with E-state index in [1.54, 1.807) is 6.92 Å². The maximum absolute atomic E-state index is 11.7. The fraction of sp³-hybridized carbons (Fsp3) is 0.429. The van der Waals surface area contributed by atoms with Crippen molar-refractivity contribution in [1.29, 1.82) is 0 Å². The molecule has 2 atom stereocenters. The number of carbonyl (C=O) groups is 2. The number of carboxylic acid groups (broad SMARTS) is 1. The summed E-state index contributed by atoms with van der Waals surface area (Å²) < 4.78 is 5.48. The van der Waals surface area contributed by atoms with Crippen molar-refractivity contribution in [3.05, 3.63) is 30.3 Å². The van der Waals surface area contributed by atoms with Crippen LogP contribution in [-0.2, 0) is 9.59 Å². The Morgan fingerprint density at radius 3 is 2.47 bits per heavy atom. The Morgan fingerprint density at radius 2 is 1.89 bits per heavy atom. The Kier molecular flexibility index (Phi) is 5.85. The molecule has 0 aromatic heterocycles. The van der Waals surface area contributed by atoms with Crippen molar-refractivity contribution in [2.24, 2.45) is 5.92 Å². The first-order valence-corrected chi connectivity index (χ1v) is 6.21. The van der Waals surface area contributed by atoms with Gasteiger partial charge in [0.15, 0.2) is 0 Å². The minimum absolute atomic E-state index is 0.272. The van der Waals surface area contributed by atoms with Gasteiger partial charge < -0.3 is 15.2 Å². The topological polar surface area (TPSA) is 75.6 Å². The number of rotatable bonds is 7. The van der Waals surface area contributed by atoms with Gasteiger partial charge in [0.1, 0.15) is 11.8 Å². The number of amides is 1. The van der Waals surface area contributed by atoms with Crippen LogP contribution >= 0.6 is 0 Å². The van der Waals surface area contributed by atoms with E-state index in [4.69, 9.17) is 9.84 Å². The molecule has 19 heavy (non-hydrogen) atoms. The minimum Gasteiger partial charge on any atom is -0.494 e. The van der Waals surface area contributed by atoms with E-state index in [0.29, 0.717) is 13.0 Å². The summed E-state index contributed by atoms with van der Waals surface area (Å²) in [4.78, 5) is 22.3. The normalized spacial score (nSPS) is 13.4. The van der Waals surface area contributed by atoms with Crippen molar-refractivity contribution in [2.45, 2.75) is 26.3 Å². The van der Waals surface area contributed by atoms with Crippen LogP contribution in [0.5, 0.6) is 5.75 Å². The summed E-state index contributed by atoms with van der Waals surface area (Å²) in [5.41, 5.74) is 0. The van der Waals surface area contributed by atoms with E-state index in [-0.39, 0.29) is 11.8 Å². The van der Waals surface area contributed by atoms with Gasteiger partial charge >= 0.3 is 5.97 Å². The highest BCUT2D eigenvalue weighted by Gasteiger charge is 2.18. The fourth-order valence-corrected chi connectivity index (χ4v) is 1.42. The van der Waals surface area contributed by atoms with E-state index < -0.39 is 12.0 Å². The van der Waals surface area contributed by atoms with Gasteiger partial charge in [0.25, 0.3) is 0 Å². The number of ether oxygens (including phenoxy) is 1. The Bertz CT molecular complexity index is 419. The smallest absolute Gasteiger partial charge is 0.325 e. The Labute approximate surface area is 112 Å². The monoisotopic (exact) mass is 265 g/mol. The van der Waals surface area contributed by atoms with Gasteiger partial charge in [0.05, 0.1) is 6.61 Å². The number of para-hydroxylation sites is 1. The van der Waals surface area contributed by atoms with Gasteiger partial charge in [-0.05, 0) is 25.5 Å². The molecule has 1 aromatic rings. The number of hydrogen-bond acceptors (Lipinski definition) is 3. The Balaban J connectivity index is 2.29. The van der Waals surface area contributed by atoms with Gasteiger partial charge in [-0.2, -0.15) is 0 Å². The second kappa shape index (κ2) is 7.41. The number of nitrogens with one attached hydrogen (secondary N) is 1. The third kappa shape index (κ3) is 5.42. The quantitative estimate of drug-likeness (QED) is 0.786. The van der Waals surface area contributed by atoms with E-state index in [1.807, 2.05) is 30.3 Å². The predicted molar refractivity (Wildman–Crippen MR) is 71.0 cm³/mol. The van der Waals surface area contributed by atoms with Crippen LogP contribution in [0.25, 0.3) is 0 Å². The molecule has 2 N–H and O–H groups in total. The third-order valence-corrected chi connectivity index (χ3v) is 2.74. The van der Waals surface area contributed by atoms with Crippen molar-refractivity contribution in [2.75, 3.05) is 6.61 Å². The molecule has 0 fully saturated rings. The molecular formula is C14H19NO4. The van der Waals surface area contributed by atoms with Gasteiger partial charge in [-0.25, -0.2) is 0 Å². The van der Waals surface area contributed by atoms with Crippen LogP contribution in [-0.4, -0.2) is 29.6 Å². The van der Waals surface area contributed by atoms with Crippen molar-refractivity contribution >= 4 is 11.9 Å². The van der Waals surface area contributed by atoms with Gasteiger partial charge in [-0.15, -0.1) is 0 Å². The number of hydrogen-bond donors (Lipinski definition) is 2. The molecule has 1 amide bonds. The van der Waals surface area contributed by atoms with E-state index in [1.165, 1.54) is 6.92 Å². The van der Waals surface area contributed by atoms with Crippen molar-refractivity contribution in [3.63, 3.8) is 0 Å². The lowest BCUT2D eigenvalue weighted by Crippen LogP contribution is -2.41. The molecule has 5 heteroatoms. The van der Waals surface area contributed by atoms with Crippen LogP contribution in [0.2, 0.25) is 0 Å². The average Bonchev–Trinajstić information content (AvgIpc) is 2.39. The van der Waals surface area contributed by atoms with Crippen molar-refractivity contribution < 1.29 is 19.4 Å². The molecule has 0 saturated heterocycles. The first-order chi connectivity index (χ1) is 9.00. The zero-order chi connectivity index (χ0) is 14.3. The maximum Gasteiger partial charge on any atom is 0.325 e. The second-order valence-corrected chi connectivity index (χ2v) is 4.42. The second-order valence-electron chi connectivity index (χ2n) is 4.42. The van der Waals surface area contributed by atoms with Crippen LogP contribution in [0.1, 0.15) is 20.3 Å². The molecule has 2 unspecified atom stereocenters. The molecule has 0 saturated carbocycles. The molecule has 0 bridgehead atoms. The molecule has 0 aliphatic carbocycles. The summed E-state index contributed by atoms with van der Waals surface area (Å²) >= 11 is 0. The predicted octanol–water partition coefficient (Wildman–Crippen LogP) is 1.68. The number of carbonyl (C=O) groups excluding carboxylic acids is 1. The summed E-state index contributed by atoms with van der Waals surface area (Å²) in [6, 6.07) is 8.47. The fourth-order valence-electron chi connectivity index (χ4n) is 1.42. The lowest BCUT2D eigenvalue weighted by molar-refractivity contribution is -0.141. The van der Waals surface area contributed by atoms with Gasteiger partial charge in [0, 0.05) is 5.92 Å². The summed E-state index contributed by atoms with van der Waals surface area (Å²) in [5, 5.41) is 11.1. The molecule has 0 spiro atoms. The van der Waals surface area contributed by atoms with Gasteiger partial charge in [-0.3, -0.25) is 9.59 Å². The first kappa shape index (κ1) is 15.0. The lowest BCUT2D eigenvalue weighted by atomic mass is 10.1.